The molecule has 0 aliphatic carbocycles. The number of rotatable bonds is 6. The Morgan fingerprint density at radius 2 is 1.94 bits per heavy atom. The lowest BCUT2D eigenvalue weighted by Crippen LogP contribution is -2.36. The van der Waals surface area contributed by atoms with Crippen molar-refractivity contribution in [3.05, 3.63) is 73.4 Å². The van der Waals surface area contributed by atoms with Gasteiger partial charge in [0.2, 0.25) is 0 Å². The summed E-state index contributed by atoms with van der Waals surface area (Å²) in [6, 6.07) is 3.19. The van der Waals surface area contributed by atoms with E-state index in [1.807, 2.05) is 0 Å². The standard InChI is InChI=1S/C20H14ClF4N3O6/c1-3-10-4-5-26-18(34-33-9(2)29)17(10)32-14-7-13(12(22)6-11(14)21)28-16(30)8-15(20(23,24)25)27-19(28)31/h4-8H,3H2,1-2H3,(H,27,31). The van der Waals surface area contributed by atoms with E-state index in [4.69, 9.17) is 21.2 Å². The highest BCUT2D eigenvalue weighted by molar-refractivity contribution is 6.32. The molecule has 1 aromatic carbocycles. The maximum absolute atomic E-state index is 14.6. The summed E-state index contributed by atoms with van der Waals surface area (Å²) in [5, 5.41) is -0.318. The molecule has 3 rings (SSSR count). The van der Waals surface area contributed by atoms with E-state index in [0.717, 1.165) is 13.0 Å². The smallest absolute Gasteiger partial charge is 0.431 e. The van der Waals surface area contributed by atoms with Crippen LogP contribution in [0.15, 0.2) is 40.1 Å². The summed E-state index contributed by atoms with van der Waals surface area (Å²) in [5.74, 6) is -2.67. The third-order valence-corrected chi connectivity index (χ3v) is 4.56. The highest BCUT2D eigenvalue weighted by Gasteiger charge is 2.33. The molecule has 2 aromatic heterocycles. The molecule has 0 fully saturated rings. The average Bonchev–Trinajstić information content (AvgIpc) is 2.74. The number of ether oxygens (including phenoxy) is 1. The number of H-pyrrole nitrogens is 1. The van der Waals surface area contributed by atoms with Crippen LogP contribution in [0.3, 0.4) is 0 Å². The van der Waals surface area contributed by atoms with Gasteiger partial charge in [0.1, 0.15) is 17.3 Å². The number of alkyl halides is 3. The van der Waals surface area contributed by atoms with Crippen molar-refractivity contribution in [2.24, 2.45) is 0 Å². The second-order valence-electron chi connectivity index (χ2n) is 6.61. The van der Waals surface area contributed by atoms with Crippen LogP contribution in [-0.2, 0) is 22.3 Å². The predicted molar refractivity (Wildman–Crippen MR) is 109 cm³/mol. The molecule has 0 spiro atoms. The van der Waals surface area contributed by atoms with Crippen molar-refractivity contribution in [2.75, 3.05) is 0 Å². The Balaban J connectivity index is 2.13. The molecule has 0 saturated carbocycles. The Hall–Kier alpha value is -3.87. The van der Waals surface area contributed by atoms with Crippen LogP contribution in [0.5, 0.6) is 17.4 Å². The minimum Gasteiger partial charge on any atom is -0.450 e. The molecule has 0 saturated heterocycles. The number of aromatic amines is 1. The van der Waals surface area contributed by atoms with Crippen LogP contribution in [-0.4, -0.2) is 20.5 Å². The van der Waals surface area contributed by atoms with Gasteiger partial charge < -0.3 is 9.72 Å². The van der Waals surface area contributed by atoms with Crippen molar-refractivity contribution in [1.82, 2.24) is 14.5 Å². The van der Waals surface area contributed by atoms with Gasteiger partial charge in [0.05, 0.1) is 10.7 Å². The largest absolute Gasteiger partial charge is 0.450 e. The minimum atomic E-state index is -5.00. The van der Waals surface area contributed by atoms with Gasteiger partial charge in [0, 0.05) is 30.8 Å². The summed E-state index contributed by atoms with van der Waals surface area (Å²) in [5.41, 5.74) is -4.83. The first-order chi connectivity index (χ1) is 15.9. The second kappa shape index (κ2) is 9.55. The van der Waals surface area contributed by atoms with E-state index in [-0.39, 0.29) is 33.0 Å². The van der Waals surface area contributed by atoms with Crippen molar-refractivity contribution in [1.29, 1.82) is 0 Å². The highest BCUT2D eigenvalue weighted by Crippen LogP contribution is 2.38. The van der Waals surface area contributed by atoms with Crippen molar-refractivity contribution >= 4 is 17.6 Å². The van der Waals surface area contributed by atoms with Gasteiger partial charge in [-0.2, -0.15) is 13.2 Å². The zero-order valence-corrected chi connectivity index (χ0v) is 18.1. The first kappa shape index (κ1) is 24.8. The molecule has 0 atom stereocenters. The molecule has 180 valence electrons. The molecular formula is C20H14ClF4N3O6. The van der Waals surface area contributed by atoms with Gasteiger partial charge in [0.25, 0.3) is 5.56 Å². The molecule has 1 N–H and O–H groups in total. The van der Waals surface area contributed by atoms with Gasteiger partial charge in [-0.15, -0.1) is 0 Å². The Morgan fingerprint density at radius 3 is 2.53 bits per heavy atom. The molecular weight excluding hydrogens is 490 g/mol. The van der Waals surface area contributed by atoms with E-state index in [0.29, 0.717) is 18.1 Å². The van der Waals surface area contributed by atoms with Crippen LogP contribution in [0.4, 0.5) is 17.6 Å². The second-order valence-corrected chi connectivity index (χ2v) is 7.02. The normalized spacial score (nSPS) is 11.3. The lowest BCUT2D eigenvalue weighted by molar-refractivity contribution is -0.212. The van der Waals surface area contributed by atoms with E-state index >= 15 is 0 Å². The number of benzene rings is 1. The number of hydrogen-bond donors (Lipinski definition) is 1. The van der Waals surface area contributed by atoms with Crippen molar-refractivity contribution in [3.8, 4) is 23.1 Å². The lowest BCUT2D eigenvalue weighted by atomic mass is 10.2. The molecule has 34 heavy (non-hydrogen) atoms. The first-order valence-electron chi connectivity index (χ1n) is 9.36. The molecule has 0 unspecified atom stereocenters. The third-order valence-electron chi connectivity index (χ3n) is 4.26. The number of hydrogen-bond acceptors (Lipinski definition) is 7. The molecule has 0 aliphatic heterocycles. The molecule has 0 radical (unpaired) electrons. The molecule has 14 heteroatoms. The van der Waals surface area contributed by atoms with Crippen molar-refractivity contribution in [2.45, 2.75) is 26.4 Å². The molecule has 3 aromatic rings. The predicted octanol–water partition coefficient (Wildman–Crippen LogP) is 3.94. The number of nitrogens with zero attached hydrogens (tertiary/aromatic N) is 2. The van der Waals surface area contributed by atoms with Crippen LogP contribution < -0.4 is 20.9 Å². The van der Waals surface area contributed by atoms with Crippen molar-refractivity contribution < 1.29 is 36.9 Å². The number of nitrogens with one attached hydrogen (secondary N) is 1. The Labute approximate surface area is 192 Å². The minimum absolute atomic E-state index is 0.0839. The van der Waals surface area contributed by atoms with Gasteiger partial charge in [-0.25, -0.2) is 28.4 Å². The lowest BCUT2D eigenvalue weighted by Gasteiger charge is -2.15. The summed E-state index contributed by atoms with van der Waals surface area (Å²) in [4.78, 5) is 50.2. The van der Waals surface area contributed by atoms with Crippen molar-refractivity contribution in [3.63, 3.8) is 0 Å². The van der Waals surface area contributed by atoms with Crippen LogP contribution in [0.2, 0.25) is 5.02 Å². The van der Waals surface area contributed by atoms with Crippen LogP contribution >= 0.6 is 11.6 Å². The van der Waals surface area contributed by atoms with E-state index < -0.39 is 40.6 Å². The monoisotopic (exact) mass is 503 g/mol. The van der Waals surface area contributed by atoms with E-state index in [2.05, 4.69) is 9.87 Å². The zero-order valence-electron chi connectivity index (χ0n) is 17.3. The highest BCUT2D eigenvalue weighted by atomic mass is 35.5. The number of aromatic nitrogens is 3. The van der Waals surface area contributed by atoms with Crippen LogP contribution in [0.1, 0.15) is 25.1 Å². The average molecular weight is 504 g/mol. The fraction of sp³-hybridized carbons (Fsp3) is 0.200. The van der Waals surface area contributed by atoms with Crippen LogP contribution in [0, 0.1) is 5.82 Å². The fourth-order valence-electron chi connectivity index (χ4n) is 2.77. The number of carbonyl (C=O) groups excluding carboxylic acids is 1. The quantitative estimate of drug-likeness (QED) is 0.308. The van der Waals surface area contributed by atoms with Gasteiger partial charge in [-0.1, -0.05) is 18.5 Å². The fourth-order valence-corrected chi connectivity index (χ4v) is 2.95. The Morgan fingerprint density at radius 1 is 1.24 bits per heavy atom. The zero-order chi connectivity index (χ0) is 25.2. The summed E-state index contributed by atoms with van der Waals surface area (Å²) < 4.78 is 59.0. The topological polar surface area (TPSA) is 113 Å². The van der Waals surface area contributed by atoms with E-state index in [1.54, 1.807) is 13.0 Å². The summed E-state index contributed by atoms with van der Waals surface area (Å²) in [6.45, 7) is 2.82. The third kappa shape index (κ3) is 5.20. The summed E-state index contributed by atoms with van der Waals surface area (Å²) in [7, 11) is 0. The maximum Gasteiger partial charge on any atom is 0.431 e. The molecule has 0 aliphatic rings. The molecule has 2 heterocycles. The van der Waals surface area contributed by atoms with Gasteiger partial charge in [-0.3, -0.25) is 9.68 Å². The maximum atomic E-state index is 14.6. The van der Waals surface area contributed by atoms with E-state index in [9.17, 15) is 31.9 Å². The number of halogens is 5. The van der Waals surface area contributed by atoms with Gasteiger partial charge in [0.15, 0.2) is 5.75 Å². The summed E-state index contributed by atoms with van der Waals surface area (Å²) in [6.07, 6.45) is -3.29. The number of carbonyl (C=O) groups is 1. The van der Waals surface area contributed by atoms with E-state index in [1.165, 1.54) is 11.2 Å². The molecule has 9 nitrogen and oxygen atoms in total. The van der Waals surface area contributed by atoms with Gasteiger partial charge in [-0.05, 0) is 18.6 Å². The Kier molecular flexibility index (Phi) is 6.96. The Bertz CT molecular complexity index is 1340. The van der Waals surface area contributed by atoms with Crippen LogP contribution in [0.25, 0.3) is 5.69 Å². The molecule has 0 amide bonds. The SMILES string of the molecule is CCc1ccnc(OOC(C)=O)c1Oc1cc(-n2c(=O)cc(C(F)(F)F)[nH]c2=O)c(F)cc1Cl. The molecule has 0 bridgehead atoms. The number of pyridine rings is 1. The summed E-state index contributed by atoms with van der Waals surface area (Å²) >= 11 is 6.05. The number of aryl methyl sites for hydroxylation is 1. The first-order valence-corrected chi connectivity index (χ1v) is 9.74. The van der Waals surface area contributed by atoms with Gasteiger partial charge >= 0.3 is 23.7 Å².